The van der Waals surface area contributed by atoms with Crippen LogP contribution in [0.25, 0.3) is 10.8 Å². The van der Waals surface area contributed by atoms with E-state index in [2.05, 4.69) is 16.6 Å². The van der Waals surface area contributed by atoms with E-state index in [4.69, 9.17) is 0 Å². The van der Waals surface area contributed by atoms with E-state index in [1.165, 1.54) is 16.7 Å². The quantitative estimate of drug-likeness (QED) is 0.495. The Morgan fingerprint density at radius 1 is 0.871 bits per heavy atom. The van der Waals surface area contributed by atoms with Crippen molar-refractivity contribution in [1.29, 1.82) is 0 Å². The van der Waals surface area contributed by atoms with Crippen molar-refractivity contribution >= 4 is 20.8 Å². The molecule has 5 nitrogen and oxygen atoms in total. The molecule has 0 saturated heterocycles. The monoisotopic (exact) mass is 428 g/mol. The number of benzene rings is 3. The van der Waals surface area contributed by atoms with Gasteiger partial charge in [0.05, 0.1) is 11.6 Å². The topological polar surface area (TPSA) is 68.2 Å². The van der Waals surface area contributed by atoms with Crippen LogP contribution in [0.5, 0.6) is 0 Å². The molecule has 0 bridgehead atoms. The second-order valence-corrected chi connectivity index (χ2v) is 8.74. The molecular weight excluding hydrogens is 408 g/mol. The number of fused-ring (bicyclic) bond motifs is 1. The maximum atomic E-state index is 12.9. The highest BCUT2D eigenvalue weighted by atomic mass is 32.2. The van der Waals surface area contributed by atoms with Crippen LogP contribution in [-0.2, 0) is 23.1 Å². The van der Waals surface area contributed by atoms with Gasteiger partial charge in [-0.05, 0) is 41.3 Å². The van der Waals surface area contributed by atoms with Crippen molar-refractivity contribution < 1.29 is 8.42 Å². The van der Waals surface area contributed by atoms with Gasteiger partial charge in [-0.1, -0.05) is 66.4 Å². The van der Waals surface area contributed by atoms with Crippen LogP contribution in [0.15, 0.2) is 101 Å². The summed E-state index contributed by atoms with van der Waals surface area (Å²) >= 11 is 0. The van der Waals surface area contributed by atoms with Gasteiger partial charge in [0.2, 0.25) is 10.0 Å². The zero-order chi connectivity index (χ0) is 21.7. The Bertz CT molecular complexity index is 1430. The molecule has 3 aromatic carbocycles. The smallest absolute Gasteiger partial charge is 0.259 e. The van der Waals surface area contributed by atoms with Crippen LogP contribution in [0.1, 0.15) is 11.1 Å². The fourth-order valence-electron chi connectivity index (χ4n) is 3.16. The van der Waals surface area contributed by atoms with Crippen molar-refractivity contribution in [3.05, 3.63) is 113 Å². The van der Waals surface area contributed by atoms with Gasteiger partial charge >= 0.3 is 0 Å². The van der Waals surface area contributed by atoms with Crippen molar-refractivity contribution in [1.82, 2.24) is 9.29 Å². The van der Waals surface area contributed by atoms with Gasteiger partial charge in [0.15, 0.2) is 0 Å². The Morgan fingerprint density at radius 3 is 2.32 bits per heavy atom. The van der Waals surface area contributed by atoms with Crippen LogP contribution in [0.4, 0.5) is 0 Å². The van der Waals surface area contributed by atoms with E-state index in [0.29, 0.717) is 11.8 Å². The second kappa shape index (κ2) is 9.00. The first-order valence-corrected chi connectivity index (χ1v) is 11.2. The molecule has 1 N–H and O–H groups in total. The lowest BCUT2D eigenvalue weighted by molar-refractivity contribution is 0.559. The molecule has 0 fully saturated rings. The van der Waals surface area contributed by atoms with E-state index in [-0.39, 0.29) is 17.1 Å². The minimum absolute atomic E-state index is 0.153. The van der Waals surface area contributed by atoms with Crippen LogP contribution >= 0.6 is 0 Å². The van der Waals surface area contributed by atoms with E-state index in [0.717, 1.165) is 16.5 Å². The third-order valence-electron chi connectivity index (χ3n) is 4.83. The Morgan fingerprint density at radius 2 is 1.58 bits per heavy atom. The van der Waals surface area contributed by atoms with Crippen LogP contribution in [0, 0.1) is 11.8 Å². The molecule has 0 amide bonds. The molecule has 31 heavy (non-hydrogen) atoms. The van der Waals surface area contributed by atoms with E-state index in [1.54, 1.807) is 36.5 Å². The molecule has 4 aromatic rings. The third kappa shape index (κ3) is 4.92. The Labute approximate surface area is 181 Å². The predicted octanol–water partition coefficient (Wildman–Crippen LogP) is 3.53. The number of aromatic nitrogens is 1. The molecule has 0 saturated carbocycles. The molecule has 0 spiro atoms. The number of rotatable bonds is 5. The van der Waals surface area contributed by atoms with Gasteiger partial charge in [-0.3, -0.25) is 4.79 Å². The molecule has 0 aliphatic rings. The van der Waals surface area contributed by atoms with Crippen LogP contribution < -0.4 is 10.3 Å². The van der Waals surface area contributed by atoms with E-state index in [9.17, 15) is 13.2 Å². The number of nitrogens with zero attached hydrogens (tertiary/aromatic N) is 1. The normalized spacial score (nSPS) is 11.1. The van der Waals surface area contributed by atoms with Gasteiger partial charge in [-0.25, -0.2) is 8.42 Å². The largest absolute Gasteiger partial charge is 0.301 e. The minimum Gasteiger partial charge on any atom is -0.301 e. The maximum absolute atomic E-state index is 12.9. The fourth-order valence-corrected chi connectivity index (χ4v) is 4.15. The highest BCUT2D eigenvalue weighted by molar-refractivity contribution is 7.89. The van der Waals surface area contributed by atoms with Gasteiger partial charge in [-0.2, -0.15) is 4.72 Å². The number of nitrogens with one attached hydrogen (secondary N) is 1. The fraction of sp³-hybridized carbons (Fsp3) is 0.0800. The summed E-state index contributed by atoms with van der Waals surface area (Å²) in [5, 5.41) is 1.27. The summed E-state index contributed by atoms with van der Waals surface area (Å²) in [4.78, 5) is 13.1. The molecule has 0 radical (unpaired) electrons. The molecule has 154 valence electrons. The number of hydrogen-bond acceptors (Lipinski definition) is 3. The third-order valence-corrected chi connectivity index (χ3v) is 6.23. The highest BCUT2D eigenvalue weighted by Gasteiger charge is 2.13. The lowest BCUT2D eigenvalue weighted by atomic mass is 10.1. The standard InChI is InChI=1S/C25H20N2O3S/c28-25-24-18-21(11-7-10-20-8-3-1-4-9-20)14-15-22(24)16-17-27(25)19-26-31(29,30)23-12-5-2-6-13-23/h1-6,8-9,12-18,26H,10,19H2. The zero-order valence-electron chi connectivity index (χ0n) is 16.7. The van der Waals surface area contributed by atoms with Gasteiger partial charge in [0, 0.05) is 23.6 Å². The molecule has 0 unspecified atom stereocenters. The summed E-state index contributed by atoms with van der Waals surface area (Å²) in [5.74, 6) is 6.23. The lowest BCUT2D eigenvalue weighted by Crippen LogP contribution is -2.31. The number of pyridine rings is 1. The van der Waals surface area contributed by atoms with E-state index >= 15 is 0 Å². The second-order valence-electron chi connectivity index (χ2n) is 6.98. The van der Waals surface area contributed by atoms with Crippen LogP contribution in [0.2, 0.25) is 0 Å². The van der Waals surface area contributed by atoms with E-state index in [1.807, 2.05) is 42.5 Å². The summed E-state index contributed by atoms with van der Waals surface area (Å²) in [7, 11) is -3.71. The number of sulfonamides is 1. The summed E-state index contributed by atoms with van der Waals surface area (Å²) in [5.41, 5.74) is 1.59. The molecule has 1 aromatic heterocycles. The molecule has 4 rings (SSSR count). The first kappa shape index (κ1) is 20.6. The maximum Gasteiger partial charge on any atom is 0.259 e. The Hall–Kier alpha value is -3.66. The van der Waals surface area contributed by atoms with Crippen LogP contribution in [-0.4, -0.2) is 13.0 Å². The van der Waals surface area contributed by atoms with Crippen molar-refractivity contribution in [2.45, 2.75) is 18.0 Å². The predicted molar refractivity (Wildman–Crippen MR) is 122 cm³/mol. The average Bonchev–Trinajstić information content (AvgIpc) is 2.80. The highest BCUT2D eigenvalue weighted by Crippen LogP contribution is 2.12. The molecule has 0 atom stereocenters. The number of hydrogen-bond donors (Lipinski definition) is 1. The van der Waals surface area contributed by atoms with E-state index < -0.39 is 10.0 Å². The van der Waals surface area contributed by atoms with Gasteiger partial charge in [0.1, 0.15) is 0 Å². The first-order valence-electron chi connectivity index (χ1n) is 9.74. The van der Waals surface area contributed by atoms with Gasteiger partial charge < -0.3 is 4.57 Å². The summed E-state index contributed by atoms with van der Waals surface area (Å²) in [6, 6.07) is 25.3. The first-order chi connectivity index (χ1) is 15.0. The molecule has 0 aliphatic heterocycles. The molecular formula is C25H20N2O3S. The van der Waals surface area contributed by atoms with Gasteiger partial charge in [-0.15, -0.1) is 0 Å². The van der Waals surface area contributed by atoms with Crippen LogP contribution in [0.3, 0.4) is 0 Å². The minimum atomic E-state index is -3.71. The summed E-state index contributed by atoms with van der Waals surface area (Å²) in [6.45, 7) is -0.157. The van der Waals surface area contributed by atoms with Crippen molar-refractivity contribution in [3.8, 4) is 11.8 Å². The average molecular weight is 429 g/mol. The van der Waals surface area contributed by atoms with Crippen molar-refractivity contribution in [3.63, 3.8) is 0 Å². The van der Waals surface area contributed by atoms with Gasteiger partial charge in [0.25, 0.3) is 5.56 Å². The summed E-state index contributed by atoms with van der Waals surface area (Å²) in [6.07, 6.45) is 2.21. The Balaban J connectivity index is 1.56. The van der Waals surface area contributed by atoms with Crippen molar-refractivity contribution in [2.75, 3.05) is 0 Å². The van der Waals surface area contributed by atoms with Crippen molar-refractivity contribution in [2.24, 2.45) is 0 Å². The lowest BCUT2D eigenvalue weighted by Gasteiger charge is -2.10. The molecule has 1 heterocycles. The Kier molecular flexibility index (Phi) is 5.99. The molecule has 0 aliphatic carbocycles. The summed E-state index contributed by atoms with van der Waals surface area (Å²) < 4.78 is 28.7. The SMILES string of the molecule is O=c1c2cc(C#CCc3ccccc3)ccc2ccn1CNS(=O)(=O)c1ccccc1. The zero-order valence-corrected chi connectivity index (χ0v) is 17.5. The molecule has 6 heteroatoms.